The van der Waals surface area contributed by atoms with Crippen molar-refractivity contribution in [1.29, 1.82) is 0 Å². The largest absolute Gasteiger partial charge is 0.370 e. The Labute approximate surface area is 112 Å². The molecule has 1 saturated carbocycles. The summed E-state index contributed by atoms with van der Waals surface area (Å²) in [5.41, 5.74) is 0.137. The molecule has 106 valence electrons. The minimum atomic E-state index is -0.0654. The molecule has 0 aromatic heterocycles. The van der Waals surface area contributed by atoms with E-state index in [9.17, 15) is 0 Å². The highest BCUT2D eigenvalue weighted by atomic mass is 16.6. The van der Waals surface area contributed by atoms with E-state index in [-0.39, 0.29) is 17.2 Å². The van der Waals surface area contributed by atoms with Crippen LogP contribution < -0.4 is 0 Å². The average Bonchev–Trinajstić information content (AvgIpc) is 2.57. The zero-order valence-electron chi connectivity index (χ0n) is 12.8. The van der Waals surface area contributed by atoms with Gasteiger partial charge in [0.2, 0.25) is 0 Å². The van der Waals surface area contributed by atoms with Crippen molar-refractivity contribution in [3.63, 3.8) is 0 Å². The van der Waals surface area contributed by atoms with E-state index in [0.717, 1.165) is 19.7 Å². The number of ether oxygens (including phenoxy) is 2. The van der Waals surface area contributed by atoms with Gasteiger partial charge in [0, 0.05) is 18.0 Å². The van der Waals surface area contributed by atoms with E-state index in [1.165, 1.54) is 6.42 Å². The molecule has 2 fully saturated rings. The highest BCUT2D eigenvalue weighted by molar-refractivity contribution is 4.93. The van der Waals surface area contributed by atoms with Crippen LogP contribution in [0.5, 0.6) is 0 Å². The van der Waals surface area contributed by atoms with Crippen LogP contribution in [0.25, 0.3) is 0 Å². The average molecular weight is 255 g/mol. The molecule has 18 heavy (non-hydrogen) atoms. The summed E-state index contributed by atoms with van der Waals surface area (Å²) >= 11 is 0. The Bertz CT molecular complexity index is 290. The van der Waals surface area contributed by atoms with E-state index in [0.29, 0.717) is 12.0 Å². The van der Waals surface area contributed by atoms with Crippen molar-refractivity contribution in [1.82, 2.24) is 4.90 Å². The first-order valence-electron chi connectivity index (χ1n) is 7.21. The molecule has 2 aliphatic rings. The summed E-state index contributed by atoms with van der Waals surface area (Å²) in [5.74, 6) is 0.644. The molecule has 0 radical (unpaired) electrons. The van der Waals surface area contributed by atoms with E-state index in [2.05, 4.69) is 46.4 Å². The maximum absolute atomic E-state index is 6.15. The molecule has 0 spiro atoms. The van der Waals surface area contributed by atoms with Crippen LogP contribution in [0.15, 0.2) is 0 Å². The Morgan fingerprint density at radius 1 is 1.06 bits per heavy atom. The summed E-state index contributed by atoms with van der Waals surface area (Å²) in [4.78, 5) is 2.44. The molecule has 0 aromatic rings. The van der Waals surface area contributed by atoms with Crippen LogP contribution >= 0.6 is 0 Å². The number of hydrogen-bond acceptors (Lipinski definition) is 3. The molecule has 1 saturated heterocycles. The van der Waals surface area contributed by atoms with Gasteiger partial charge in [-0.05, 0) is 54.4 Å². The van der Waals surface area contributed by atoms with Crippen LogP contribution in [0.1, 0.15) is 54.4 Å². The van der Waals surface area contributed by atoms with E-state index in [4.69, 9.17) is 9.47 Å². The van der Waals surface area contributed by atoms with Crippen molar-refractivity contribution in [2.24, 2.45) is 5.92 Å². The van der Waals surface area contributed by atoms with Crippen LogP contribution in [0.4, 0.5) is 0 Å². The molecule has 1 aliphatic heterocycles. The van der Waals surface area contributed by atoms with Crippen molar-refractivity contribution in [2.45, 2.75) is 77.7 Å². The molecule has 1 aliphatic carbocycles. The zero-order chi connectivity index (χ0) is 13.6. The lowest BCUT2D eigenvalue weighted by Gasteiger charge is -2.44. The molecule has 0 amide bonds. The van der Waals surface area contributed by atoms with Crippen molar-refractivity contribution < 1.29 is 9.47 Å². The lowest BCUT2D eigenvalue weighted by Crippen LogP contribution is -2.53. The van der Waals surface area contributed by atoms with Crippen molar-refractivity contribution in [2.75, 3.05) is 13.3 Å². The van der Waals surface area contributed by atoms with E-state index < -0.39 is 0 Å². The molecule has 3 atom stereocenters. The number of nitrogens with zero attached hydrogens (tertiary/aromatic N) is 1. The van der Waals surface area contributed by atoms with E-state index in [1.807, 2.05) is 0 Å². The third kappa shape index (κ3) is 3.25. The molecule has 0 aromatic carbocycles. The highest BCUT2D eigenvalue weighted by Gasteiger charge is 2.44. The Hall–Kier alpha value is -0.120. The highest BCUT2D eigenvalue weighted by Crippen LogP contribution is 2.37. The predicted molar refractivity (Wildman–Crippen MR) is 73.5 cm³/mol. The first kappa shape index (κ1) is 14.3. The maximum Gasteiger partial charge on any atom is 0.0999 e. The summed E-state index contributed by atoms with van der Waals surface area (Å²) in [6.45, 7) is 15.1. The number of fused-ring (bicyclic) bond motifs is 1. The van der Waals surface area contributed by atoms with Crippen molar-refractivity contribution >= 4 is 0 Å². The SMILES string of the molecule is CC(C)(C)OC1CCC2CN(C(C)(C)C)COC21. The lowest BCUT2D eigenvalue weighted by atomic mass is 9.98. The minimum Gasteiger partial charge on any atom is -0.370 e. The second kappa shape index (κ2) is 4.77. The first-order chi connectivity index (χ1) is 8.17. The van der Waals surface area contributed by atoms with Crippen molar-refractivity contribution in [3.8, 4) is 0 Å². The summed E-state index contributed by atoms with van der Waals surface area (Å²) in [5, 5.41) is 0. The zero-order valence-corrected chi connectivity index (χ0v) is 12.8. The van der Waals surface area contributed by atoms with Gasteiger partial charge in [-0.3, -0.25) is 4.90 Å². The molecule has 1 heterocycles. The molecule has 3 heteroatoms. The van der Waals surface area contributed by atoms with E-state index in [1.54, 1.807) is 0 Å². The molecular weight excluding hydrogens is 226 g/mol. The van der Waals surface area contributed by atoms with Crippen LogP contribution in [0, 0.1) is 5.92 Å². The third-order valence-electron chi connectivity index (χ3n) is 3.98. The van der Waals surface area contributed by atoms with Gasteiger partial charge in [-0.2, -0.15) is 0 Å². The van der Waals surface area contributed by atoms with Gasteiger partial charge in [0.1, 0.15) is 0 Å². The smallest absolute Gasteiger partial charge is 0.0999 e. The molecule has 0 bridgehead atoms. The van der Waals surface area contributed by atoms with Gasteiger partial charge in [0.15, 0.2) is 0 Å². The van der Waals surface area contributed by atoms with Gasteiger partial charge in [0.25, 0.3) is 0 Å². The number of rotatable bonds is 1. The van der Waals surface area contributed by atoms with Crippen LogP contribution in [0.2, 0.25) is 0 Å². The number of hydrogen-bond donors (Lipinski definition) is 0. The maximum atomic E-state index is 6.15. The predicted octanol–water partition coefficient (Wildman–Crippen LogP) is 3.04. The second-order valence-corrected chi connectivity index (χ2v) is 7.76. The van der Waals surface area contributed by atoms with Gasteiger partial charge >= 0.3 is 0 Å². The van der Waals surface area contributed by atoms with E-state index >= 15 is 0 Å². The normalized spacial score (nSPS) is 34.7. The quantitative estimate of drug-likeness (QED) is 0.719. The van der Waals surface area contributed by atoms with Crippen LogP contribution in [0.3, 0.4) is 0 Å². The van der Waals surface area contributed by atoms with Crippen LogP contribution in [-0.4, -0.2) is 41.5 Å². The fourth-order valence-electron chi connectivity index (χ4n) is 3.01. The Kier molecular flexibility index (Phi) is 3.79. The lowest BCUT2D eigenvalue weighted by molar-refractivity contribution is -0.177. The summed E-state index contributed by atoms with van der Waals surface area (Å²) < 4.78 is 12.2. The van der Waals surface area contributed by atoms with Gasteiger partial charge in [-0.15, -0.1) is 0 Å². The second-order valence-electron chi connectivity index (χ2n) is 7.76. The van der Waals surface area contributed by atoms with Crippen LogP contribution in [-0.2, 0) is 9.47 Å². The van der Waals surface area contributed by atoms with Gasteiger partial charge in [-0.25, -0.2) is 0 Å². The Morgan fingerprint density at radius 3 is 2.28 bits per heavy atom. The molecule has 2 rings (SSSR count). The minimum absolute atomic E-state index is 0.0654. The fraction of sp³-hybridized carbons (Fsp3) is 1.00. The standard InChI is InChI=1S/C15H29NO2/c1-14(2,3)16-9-11-7-8-12(13(11)17-10-16)18-15(4,5)6/h11-13H,7-10H2,1-6H3. The summed E-state index contributed by atoms with van der Waals surface area (Å²) in [7, 11) is 0. The molecular formula is C15H29NO2. The van der Waals surface area contributed by atoms with Crippen molar-refractivity contribution in [3.05, 3.63) is 0 Å². The van der Waals surface area contributed by atoms with Gasteiger partial charge in [-0.1, -0.05) is 0 Å². The van der Waals surface area contributed by atoms with Gasteiger partial charge in [0.05, 0.1) is 24.5 Å². The molecule has 3 nitrogen and oxygen atoms in total. The summed E-state index contributed by atoms with van der Waals surface area (Å²) in [6, 6.07) is 0. The third-order valence-corrected chi connectivity index (χ3v) is 3.98. The van der Waals surface area contributed by atoms with Gasteiger partial charge < -0.3 is 9.47 Å². The molecule has 0 N–H and O–H groups in total. The molecule has 3 unspecified atom stereocenters. The Morgan fingerprint density at radius 2 is 1.72 bits per heavy atom. The topological polar surface area (TPSA) is 21.7 Å². The Balaban J connectivity index is 1.95. The fourth-order valence-corrected chi connectivity index (χ4v) is 3.01. The monoisotopic (exact) mass is 255 g/mol. The first-order valence-corrected chi connectivity index (χ1v) is 7.21. The summed E-state index contributed by atoms with van der Waals surface area (Å²) in [6.07, 6.45) is 2.97.